The number of amides is 1. The fourth-order valence-electron chi connectivity index (χ4n) is 2.64. The number of rotatable bonds is 6. The third kappa shape index (κ3) is 4.42. The zero-order chi connectivity index (χ0) is 19.4. The number of carbonyl (C=O) groups excluding carboxylic acids is 1. The number of aromatic carboxylic acids is 1. The Hall–Kier alpha value is -2.82. The van der Waals surface area contributed by atoms with Crippen LogP contribution < -0.4 is 4.90 Å². The molecule has 0 fully saturated rings. The van der Waals surface area contributed by atoms with Gasteiger partial charge in [0.05, 0.1) is 5.56 Å². The number of benzene rings is 1. The molecule has 0 radical (unpaired) electrons. The number of carboxylic acid groups (broad SMARTS) is 1. The Morgan fingerprint density at radius 1 is 1.08 bits per heavy atom. The van der Waals surface area contributed by atoms with Crippen LogP contribution in [0, 0.1) is 0 Å². The highest BCUT2D eigenvalue weighted by Crippen LogP contribution is 2.30. The summed E-state index contributed by atoms with van der Waals surface area (Å²) in [6, 6.07) is 8.14. The number of carboxylic acids is 1. The van der Waals surface area contributed by atoms with Gasteiger partial charge in [0.25, 0.3) is 5.91 Å². The van der Waals surface area contributed by atoms with E-state index in [-0.39, 0.29) is 17.4 Å². The Morgan fingerprint density at radius 2 is 1.69 bits per heavy atom. The van der Waals surface area contributed by atoms with E-state index in [9.17, 15) is 9.59 Å². The van der Waals surface area contributed by atoms with Crippen molar-refractivity contribution in [1.82, 2.24) is 0 Å². The predicted molar refractivity (Wildman–Crippen MR) is 103 cm³/mol. The quantitative estimate of drug-likeness (QED) is 0.748. The van der Waals surface area contributed by atoms with Gasteiger partial charge in [-0.15, -0.1) is 0 Å². The van der Waals surface area contributed by atoms with E-state index in [2.05, 4.69) is 27.7 Å². The summed E-state index contributed by atoms with van der Waals surface area (Å²) in [5.74, 6) is 1.02. The van der Waals surface area contributed by atoms with E-state index >= 15 is 0 Å². The summed E-state index contributed by atoms with van der Waals surface area (Å²) < 4.78 is 5.89. The summed E-state index contributed by atoms with van der Waals surface area (Å²) in [6.07, 6.45) is 3.13. The van der Waals surface area contributed by atoms with Crippen LogP contribution in [-0.4, -0.2) is 24.0 Å². The zero-order valence-corrected chi connectivity index (χ0v) is 15.8. The van der Waals surface area contributed by atoms with E-state index in [0.717, 1.165) is 11.3 Å². The van der Waals surface area contributed by atoms with Crippen molar-refractivity contribution >= 4 is 23.6 Å². The smallest absolute Gasteiger partial charge is 0.335 e. The topological polar surface area (TPSA) is 70.8 Å². The van der Waals surface area contributed by atoms with Crippen molar-refractivity contribution in [1.29, 1.82) is 0 Å². The molecule has 1 aromatic carbocycles. The summed E-state index contributed by atoms with van der Waals surface area (Å²) in [5, 5.41) is 8.93. The van der Waals surface area contributed by atoms with E-state index in [0.29, 0.717) is 17.4 Å². The van der Waals surface area contributed by atoms with Crippen molar-refractivity contribution in [3.63, 3.8) is 0 Å². The second-order valence-electron chi connectivity index (χ2n) is 6.86. The van der Waals surface area contributed by atoms with Gasteiger partial charge >= 0.3 is 5.97 Å². The molecule has 1 N–H and O–H groups in total. The van der Waals surface area contributed by atoms with Gasteiger partial charge in [0.15, 0.2) is 0 Å². The first-order valence-corrected chi connectivity index (χ1v) is 8.63. The lowest BCUT2D eigenvalue weighted by Crippen LogP contribution is -2.23. The fraction of sp³-hybridized carbons (Fsp3) is 0.333. The maximum absolute atomic E-state index is 12.4. The predicted octanol–water partition coefficient (Wildman–Crippen LogP) is 4.90. The van der Waals surface area contributed by atoms with Gasteiger partial charge in [-0.05, 0) is 47.9 Å². The summed E-state index contributed by atoms with van der Waals surface area (Å²) in [6.45, 7) is 8.39. The summed E-state index contributed by atoms with van der Waals surface area (Å²) in [7, 11) is 1.64. The number of hydrogen-bond donors (Lipinski definition) is 1. The monoisotopic (exact) mass is 355 g/mol. The minimum Gasteiger partial charge on any atom is -0.478 e. The first-order valence-electron chi connectivity index (χ1n) is 8.63. The normalized spacial score (nSPS) is 11.5. The first kappa shape index (κ1) is 19.5. The van der Waals surface area contributed by atoms with E-state index in [1.54, 1.807) is 25.3 Å². The highest BCUT2D eigenvalue weighted by molar-refractivity contribution is 6.03. The van der Waals surface area contributed by atoms with E-state index in [4.69, 9.17) is 9.52 Å². The Balaban J connectivity index is 2.15. The number of nitrogens with zero attached hydrogens (tertiary/aromatic N) is 1. The molecule has 2 aromatic rings. The third-order valence-corrected chi connectivity index (χ3v) is 4.18. The molecular formula is C21H25NO4. The molecule has 138 valence electrons. The van der Waals surface area contributed by atoms with Gasteiger partial charge in [-0.3, -0.25) is 4.79 Å². The SMILES string of the molecule is CC(C)c1cc(/C=C/C(=O)N(C)c2ccc(C(=O)O)cc2)oc1C(C)C. The average Bonchev–Trinajstić information content (AvgIpc) is 3.04. The number of furan rings is 1. The lowest BCUT2D eigenvalue weighted by atomic mass is 9.98. The number of likely N-dealkylation sites (N-methyl/N-ethyl adjacent to an activating group) is 1. The standard InChI is InChI=1S/C21H25NO4/c1-13(2)18-12-17(26-20(18)14(3)4)10-11-19(23)22(5)16-8-6-15(7-9-16)21(24)25/h6-14H,1-5H3,(H,24,25)/b11-10+. The van der Waals surface area contributed by atoms with Gasteiger partial charge in [-0.2, -0.15) is 0 Å². The molecule has 0 aliphatic carbocycles. The van der Waals surface area contributed by atoms with Crippen molar-refractivity contribution in [3.8, 4) is 0 Å². The van der Waals surface area contributed by atoms with E-state index < -0.39 is 5.97 Å². The van der Waals surface area contributed by atoms with Crippen LogP contribution in [0.15, 0.2) is 40.8 Å². The van der Waals surface area contributed by atoms with Crippen molar-refractivity contribution in [2.24, 2.45) is 0 Å². The maximum atomic E-state index is 12.4. The molecular weight excluding hydrogens is 330 g/mol. The molecule has 1 aromatic heterocycles. The molecule has 1 heterocycles. The van der Waals surface area contributed by atoms with Crippen LogP contribution in [-0.2, 0) is 4.79 Å². The van der Waals surface area contributed by atoms with Crippen molar-refractivity contribution in [2.45, 2.75) is 39.5 Å². The second-order valence-corrected chi connectivity index (χ2v) is 6.86. The largest absolute Gasteiger partial charge is 0.478 e. The number of anilines is 1. The van der Waals surface area contributed by atoms with E-state index in [1.165, 1.54) is 23.1 Å². The lowest BCUT2D eigenvalue weighted by molar-refractivity contribution is -0.113. The Bertz CT molecular complexity index is 788. The van der Waals surface area contributed by atoms with Crippen molar-refractivity contribution in [2.75, 3.05) is 11.9 Å². The van der Waals surface area contributed by atoms with Gasteiger partial charge in [0, 0.05) is 24.7 Å². The molecule has 0 atom stereocenters. The minimum atomic E-state index is -0.995. The zero-order valence-electron chi connectivity index (χ0n) is 15.8. The highest BCUT2D eigenvalue weighted by Gasteiger charge is 2.16. The van der Waals surface area contributed by atoms with E-state index in [1.807, 2.05) is 6.07 Å². The molecule has 5 nitrogen and oxygen atoms in total. The van der Waals surface area contributed by atoms with Gasteiger partial charge in [-0.25, -0.2) is 4.79 Å². The van der Waals surface area contributed by atoms with Crippen molar-refractivity contribution < 1.29 is 19.1 Å². The Kier molecular flexibility index (Phi) is 6.03. The highest BCUT2D eigenvalue weighted by atomic mass is 16.4. The Labute approximate surface area is 153 Å². The molecule has 0 spiro atoms. The molecule has 0 aliphatic rings. The molecule has 0 aliphatic heterocycles. The van der Waals surface area contributed by atoms with Crippen LogP contribution in [0.2, 0.25) is 0 Å². The van der Waals surface area contributed by atoms with Crippen LogP contribution in [0.5, 0.6) is 0 Å². The molecule has 0 saturated carbocycles. The second kappa shape index (κ2) is 8.04. The number of hydrogen-bond acceptors (Lipinski definition) is 3. The fourth-order valence-corrected chi connectivity index (χ4v) is 2.64. The maximum Gasteiger partial charge on any atom is 0.335 e. The molecule has 26 heavy (non-hydrogen) atoms. The lowest BCUT2D eigenvalue weighted by Gasteiger charge is -2.15. The third-order valence-electron chi connectivity index (χ3n) is 4.18. The van der Waals surface area contributed by atoms with Crippen LogP contribution in [0.3, 0.4) is 0 Å². The van der Waals surface area contributed by atoms with Gasteiger partial charge in [0.2, 0.25) is 0 Å². The molecule has 0 unspecified atom stereocenters. The summed E-state index contributed by atoms with van der Waals surface area (Å²) in [5.41, 5.74) is 1.96. The van der Waals surface area contributed by atoms with Crippen LogP contribution >= 0.6 is 0 Å². The van der Waals surface area contributed by atoms with Crippen LogP contribution in [0.4, 0.5) is 5.69 Å². The summed E-state index contributed by atoms with van der Waals surface area (Å²) in [4.78, 5) is 24.7. The van der Waals surface area contributed by atoms with Gasteiger partial charge < -0.3 is 14.4 Å². The van der Waals surface area contributed by atoms with Gasteiger partial charge in [0.1, 0.15) is 11.5 Å². The molecule has 0 saturated heterocycles. The van der Waals surface area contributed by atoms with Crippen molar-refractivity contribution in [3.05, 3.63) is 59.1 Å². The van der Waals surface area contributed by atoms with Gasteiger partial charge in [-0.1, -0.05) is 27.7 Å². The Morgan fingerprint density at radius 3 is 2.15 bits per heavy atom. The summed E-state index contributed by atoms with van der Waals surface area (Å²) >= 11 is 0. The molecule has 2 rings (SSSR count). The first-order chi connectivity index (χ1) is 12.2. The number of carbonyl (C=O) groups is 2. The molecule has 5 heteroatoms. The van der Waals surface area contributed by atoms with Crippen LogP contribution in [0.25, 0.3) is 6.08 Å². The minimum absolute atomic E-state index is 0.183. The van der Waals surface area contributed by atoms with Crippen LogP contribution in [0.1, 0.15) is 67.0 Å². The molecule has 0 bridgehead atoms. The molecule has 1 amide bonds. The average molecular weight is 355 g/mol.